The number of benzene rings is 4. The quantitative estimate of drug-likeness (QED) is 0.256. The summed E-state index contributed by atoms with van der Waals surface area (Å²) in [6.07, 6.45) is 0. The standard InChI is InChI=1S/C31H27BN2O3/c1-30(2)31(3,4)37-32(36-30)24-17-11-16-22-23-18-19-25-26(28(23)35-27(22)24)33-29(20-12-7-5-8-13-20)34(25)21-14-9-6-10-15-21/h5-19H,1-4H3. The molecule has 0 spiro atoms. The second kappa shape index (κ2) is 7.82. The van der Waals surface area contributed by atoms with Gasteiger partial charge in [-0.25, -0.2) is 4.98 Å². The van der Waals surface area contributed by atoms with Crippen molar-refractivity contribution in [2.24, 2.45) is 0 Å². The first-order valence-corrected chi connectivity index (χ1v) is 12.7. The normalized spacial score (nSPS) is 16.8. The molecule has 1 saturated heterocycles. The SMILES string of the molecule is CC1(C)OB(c2cccc3c2oc2c3ccc3c2nc(-c2ccccc2)n3-c2ccccc2)OC1(C)C. The molecule has 0 bridgehead atoms. The Bertz CT molecular complexity index is 1770. The van der Waals surface area contributed by atoms with Crippen molar-refractivity contribution in [1.82, 2.24) is 9.55 Å². The molecule has 3 heterocycles. The van der Waals surface area contributed by atoms with Crippen molar-refractivity contribution in [2.75, 3.05) is 0 Å². The van der Waals surface area contributed by atoms with Gasteiger partial charge in [0.2, 0.25) is 0 Å². The molecule has 2 aromatic heterocycles. The second-order valence-electron chi connectivity index (χ2n) is 10.7. The van der Waals surface area contributed by atoms with Gasteiger partial charge in [0.25, 0.3) is 0 Å². The zero-order valence-electron chi connectivity index (χ0n) is 21.4. The van der Waals surface area contributed by atoms with Crippen molar-refractivity contribution in [1.29, 1.82) is 0 Å². The summed E-state index contributed by atoms with van der Waals surface area (Å²) in [6, 6.07) is 31.0. The summed E-state index contributed by atoms with van der Waals surface area (Å²) >= 11 is 0. The van der Waals surface area contributed by atoms with Crippen LogP contribution in [0.2, 0.25) is 0 Å². The van der Waals surface area contributed by atoms with Crippen molar-refractivity contribution >= 4 is 45.6 Å². The maximum absolute atomic E-state index is 6.65. The summed E-state index contributed by atoms with van der Waals surface area (Å²) in [4.78, 5) is 5.16. The Morgan fingerprint density at radius 2 is 1.32 bits per heavy atom. The summed E-state index contributed by atoms with van der Waals surface area (Å²) in [5, 5.41) is 2.05. The third-order valence-corrected chi connectivity index (χ3v) is 7.87. The maximum Gasteiger partial charge on any atom is 0.498 e. The molecule has 182 valence electrons. The van der Waals surface area contributed by atoms with E-state index in [1.165, 1.54) is 0 Å². The van der Waals surface area contributed by atoms with Crippen molar-refractivity contribution in [2.45, 2.75) is 38.9 Å². The van der Waals surface area contributed by atoms with Crippen LogP contribution in [0, 0.1) is 0 Å². The number of aromatic nitrogens is 2. The molecule has 0 saturated carbocycles. The van der Waals surface area contributed by atoms with Gasteiger partial charge in [0.15, 0.2) is 5.58 Å². The predicted octanol–water partition coefficient (Wildman–Crippen LogP) is 6.89. The predicted molar refractivity (Wildman–Crippen MR) is 149 cm³/mol. The van der Waals surface area contributed by atoms with Gasteiger partial charge in [0.1, 0.15) is 16.9 Å². The molecule has 0 atom stereocenters. The van der Waals surface area contributed by atoms with Gasteiger partial charge in [-0.3, -0.25) is 4.57 Å². The fourth-order valence-corrected chi connectivity index (χ4v) is 5.19. The summed E-state index contributed by atoms with van der Waals surface area (Å²) in [5.41, 5.74) is 5.50. The minimum atomic E-state index is -0.508. The smallest absolute Gasteiger partial charge is 0.454 e. The van der Waals surface area contributed by atoms with Gasteiger partial charge in [-0.1, -0.05) is 66.7 Å². The molecule has 37 heavy (non-hydrogen) atoms. The molecule has 0 unspecified atom stereocenters. The molecule has 1 aliphatic rings. The van der Waals surface area contributed by atoms with Gasteiger partial charge in [-0.2, -0.15) is 0 Å². The minimum Gasteiger partial charge on any atom is -0.454 e. The number of rotatable bonds is 3. The van der Waals surface area contributed by atoms with Crippen LogP contribution in [0.3, 0.4) is 0 Å². The molecule has 1 aliphatic heterocycles. The molecule has 0 radical (unpaired) electrons. The van der Waals surface area contributed by atoms with E-state index in [1.54, 1.807) is 0 Å². The molecule has 0 N–H and O–H groups in total. The van der Waals surface area contributed by atoms with Gasteiger partial charge >= 0.3 is 7.12 Å². The third-order valence-electron chi connectivity index (χ3n) is 7.87. The Kier molecular flexibility index (Phi) is 4.72. The first kappa shape index (κ1) is 22.3. The first-order valence-electron chi connectivity index (χ1n) is 12.7. The van der Waals surface area contributed by atoms with Gasteiger partial charge in [0, 0.05) is 27.5 Å². The molecule has 0 aliphatic carbocycles. The Morgan fingerprint density at radius 3 is 2.03 bits per heavy atom. The highest BCUT2D eigenvalue weighted by Crippen LogP contribution is 2.39. The van der Waals surface area contributed by atoms with Gasteiger partial charge in [0.05, 0.1) is 16.7 Å². The largest absolute Gasteiger partial charge is 0.498 e. The summed E-state index contributed by atoms with van der Waals surface area (Å²) in [7, 11) is -0.508. The summed E-state index contributed by atoms with van der Waals surface area (Å²) in [5.74, 6) is 0.876. The number of imidazole rings is 1. The van der Waals surface area contributed by atoms with Crippen molar-refractivity contribution < 1.29 is 13.7 Å². The van der Waals surface area contributed by atoms with E-state index >= 15 is 0 Å². The average molecular weight is 486 g/mol. The van der Waals surface area contributed by atoms with Crippen LogP contribution in [0.25, 0.3) is 50.0 Å². The Morgan fingerprint density at radius 1 is 0.676 bits per heavy atom. The van der Waals surface area contributed by atoms with Gasteiger partial charge in [-0.05, 0) is 52.0 Å². The number of para-hydroxylation sites is 2. The van der Waals surface area contributed by atoms with Crippen LogP contribution in [0.5, 0.6) is 0 Å². The maximum atomic E-state index is 6.65. The molecule has 6 heteroatoms. The second-order valence-corrected chi connectivity index (χ2v) is 10.7. The molecule has 5 nitrogen and oxygen atoms in total. The fourth-order valence-electron chi connectivity index (χ4n) is 5.19. The molecule has 4 aromatic carbocycles. The molecule has 7 rings (SSSR count). The van der Waals surface area contributed by atoms with Crippen LogP contribution in [0.4, 0.5) is 0 Å². The van der Waals surface area contributed by atoms with Crippen LogP contribution in [-0.4, -0.2) is 27.9 Å². The number of nitrogens with zero attached hydrogens (tertiary/aromatic N) is 2. The van der Waals surface area contributed by atoms with Crippen LogP contribution >= 0.6 is 0 Å². The van der Waals surface area contributed by atoms with Crippen LogP contribution in [-0.2, 0) is 9.31 Å². The van der Waals surface area contributed by atoms with Crippen LogP contribution in [0.1, 0.15) is 27.7 Å². The van der Waals surface area contributed by atoms with Crippen LogP contribution < -0.4 is 5.46 Å². The van der Waals surface area contributed by atoms with Gasteiger partial charge < -0.3 is 13.7 Å². The molecular weight excluding hydrogens is 459 g/mol. The number of hydrogen-bond acceptors (Lipinski definition) is 4. The van der Waals surface area contributed by atoms with E-state index in [2.05, 4.69) is 74.7 Å². The van der Waals surface area contributed by atoms with E-state index in [1.807, 2.05) is 48.5 Å². The molecular formula is C31H27BN2O3. The lowest BCUT2D eigenvalue weighted by molar-refractivity contribution is 0.00578. The lowest BCUT2D eigenvalue weighted by Crippen LogP contribution is -2.41. The van der Waals surface area contributed by atoms with Crippen molar-refractivity contribution in [3.8, 4) is 17.1 Å². The summed E-state index contributed by atoms with van der Waals surface area (Å²) in [6.45, 7) is 8.26. The number of fused-ring (bicyclic) bond motifs is 5. The highest BCUT2D eigenvalue weighted by molar-refractivity contribution is 6.65. The molecule has 1 fully saturated rings. The highest BCUT2D eigenvalue weighted by atomic mass is 16.7. The van der Waals surface area contributed by atoms with E-state index in [9.17, 15) is 0 Å². The minimum absolute atomic E-state index is 0.432. The van der Waals surface area contributed by atoms with E-state index in [0.717, 1.165) is 55.5 Å². The third kappa shape index (κ3) is 3.29. The Labute approximate surface area is 215 Å². The van der Waals surface area contributed by atoms with E-state index in [-0.39, 0.29) is 0 Å². The molecule has 6 aromatic rings. The Hall–Kier alpha value is -3.87. The molecule has 0 amide bonds. The fraction of sp³-hybridized carbons (Fsp3) is 0.194. The number of furan rings is 1. The van der Waals surface area contributed by atoms with Crippen LogP contribution in [0.15, 0.2) is 95.4 Å². The van der Waals surface area contributed by atoms with E-state index in [4.69, 9.17) is 18.7 Å². The average Bonchev–Trinajstić information content (AvgIpc) is 3.53. The Balaban J connectivity index is 1.50. The van der Waals surface area contributed by atoms with Crippen molar-refractivity contribution in [3.63, 3.8) is 0 Å². The van der Waals surface area contributed by atoms with Crippen molar-refractivity contribution in [3.05, 3.63) is 91.0 Å². The summed E-state index contributed by atoms with van der Waals surface area (Å²) < 4.78 is 21.6. The van der Waals surface area contributed by atoms with E-state index < -0.39 is 18.3 Å². The lowest BCUT2D eigenvalue weighted by Gasteiger charge is -2.32. The zero-order valence-corrected chi connectivity index (χ0v) is 21.4. The number of hydrogen-bond donors (Lipinski definition) is 0. The zero-order chi connectivity index (χ0) is 25.4. The van der Waals surface area contributed by atoms with Gasteiger partial charge in [-0.15, -0.1) is 0 Å². The highest BCUT2D eigenvalue weighted by Gasteiger charge is 2.52. The lowest BCUT2D eigenvalue weighted by atomic mass is 9.78. The van der Waals surface area contributed by atoms with E-state index in [0.29, 0.717) is 0 Å². The first-order chi connectivity index (χ1) is 17.8. The monoisotopic (exact) mass is 486 g/mol. The topological polar surface area (TPSA) is 49.4 Å².